The third-order valence-electron chi connectivity index (χ3n) is 2.58. The highest BCUT2D eigenvalue weighted by Crippen LogP contribution is 2.53. The zero-order chi connectivity index (χ0) is 9.52. The molecule has 2 unspecified atom stereocenters. The summed E-state index contributed by atoms with van der Waals surface area (Å²) in [6, 6.07) is 0. The summed E-state index contributed by atoms with van der Waals surface area (Å²) in [6.07, 6.45) is -3.26. The van der Waals surface area contributed by atoms with Gasteiger partial charge in [0.1, 0.15) is 0 Å². The van der Waals surface area contributed by atoms with E-state index in [9.17, 15) is 17.6 Å². The molecule has 0 radical (unpaired) electrons. The van der Waals surface area contributed by atoms with Gasteiger partial charge in [-0.05, 0) is 11.8 Å². The van der Waals surface area contributed by atoms with Gasteiger partial charge in [-0.1, -0.05) is 13.8 Å². The second kappa shape index (κ2) is 2.89. The van der Waals surface area contributed by atoms with E-state index in [0.717, 1.165) is 0 Å². The standard InChI is InChI=1S/C8H12F4/c1-4(2)5-3-8(11,12)6(5)7(9)10/h4-7H,3H2,1-2H3. The molecule has 0 N–H and O–H groups in total. The topological polar surface area (TPSA) is 0 Å². The summed E-state index contributed by atoms with van der Waals surface area (Å²) in [7, 11) is 0. The molecule has 0 amide bonds. The van der Waals surface area contributed by atoms with Gasteiger partial charge >= 0.3 is 0 Å². The van der Waals surface area contributed by atoms with Crippen LogP contribution in [0.2, 0.25) is 0 Å². The first kappa shape index (κ1) is 9.81. The minimum absolute atomic E-state index is 0.0800. The molecule has 0 bridgehead atoms. The molecule has 0 nitrogen and oxygen atoms in total. The lowest BCUT2D eigenvalue weighted by atomic mass is 9.65. The van der Waals surface area contributed by atoms with Crippen molar-refractivity contribution in [3.8, 4) is 0 Å². The lowest BCUT2D eigenvalue weighted by molar-refractivity contribution is -0.228. The summed E-state index contributed by atoms with van der Waals surface area (Å²) in [5.74, 6) is -5.44. The predicted octanol–water partition coefficient (Wildman–Crippen LogP) is 3.18. The molecule has 0 aromatic heterocycles. The van der Waals surface area contributed by atoms with E-state index in [1.807, 2.05) is 0 Å². The van der Waals surface area contributed by atoms with Gasteiger partial charge in [0.25, 0.3) is 5.92 Å². The van der Waals surface area contributed by atoms with E-state index >= 15 is 0 Å². The molecule has 72 valence electrons. The number of rotatable bonds is 2. The largest absolute Gasteiger partial charge is 0.256 e. The highest BCUT2D eigenvalue weighted by atomic mass is 19.3. The number of hydrogen-bond donors (Lipinski definition) is 0. The van der Waals surface area contributed by atoms with E-state index in [-0.39, 0.29) is 12.3 Å². The summed E-state index contributed by atoms with van der Waals surface area (Å²) < 4.78 is 49.4. The van der Waals surface area contributed by atoms with Crippen molar-refractivity contribution in [1.29, 1.82) is 0 Å². The van der Waals surface area contributed by atoms with Crippen LogP contribution in [0.25, 0.3) is 0 Å². The van der Waals surface area contributed by atoms with Gasteiger partial charge in [0, 0.05) is 6.42 Å². The Morgan fingerprint density at radius 1 is 1.25 bits per heavy atom. The van der Waals surface area contributed by atoms with Crippen molar-refractivity contribution in [1.82, 2.24) is 0 Å². The van der Waals surface area contributed by atoms with Crippen molar-refractivity contribution in [2.75, 3.05) is 0 Å². The van der Waals surface area contributed by atoms with Crippen molar-refractivity contribution in [3.05, 3.63) is 0 Å². The van der Waals surface area contributed by atoms with Crippen molar-refractivity contribution in [2.24, 2.45) is 17.8 Å². The second-order valence-corrected chi connectivity index (χ2v) is 3.73. The van der Waals surface area contributed by atoms with Gasteiger partial charge in [-0.2, -0.15) is 0 Å². The fraction of sp³-hybridized carbons (Fsp3) is 1.00. The molecule has 0 aromatic carbocycles. The lowest BCUT2D eigenvalue weighted by Crippen LogP contribution is -2.53. The molecule has 0 aliphatic heterocycles. The Balaban J connectivity index is 2.63. The molecule has 1 aliphatic rings. The van der Waals surface area contributed by atoms with Crippen molar-refractivity contribution in [3.63, 3.8) is 0 Å². The van der Waals surface area contributed by atoms with Gasteiger partial charge in [-0.3, -0.25) is 0 Å². The van der Waals surface area contributed by atoms with E-state index in [1.165, 1.54) is 0 Å². The normalized spacial score (nSPS) is 34.0. The van der Waals surface area contributed by atoms with Crippen LogP contribution < -0.4 is 0 Å². The first-order valence-corrected chi connectivity index (χ1v) is 4.02. The summed E-state index contributed by atoms with van der Waals surface area (Å²) in [4.78, 5) is 0. The van der Waals surface area contributed by atoms with Gasteiger partial charge in [-0.15, -0.1) is 0 Å². The Kier molecular flexibility index (Phi) is 2.36. The maximum atomic E-state index is 12.6. The van der Waals surface area contributed by atoms with E-state index in [4.69, 9.17) is 0 Å². The van der Waals surface area contributed by atoms with Crippen LogP contribution >= 0.6 is 0 Å². The molecule has 0 spiro atoms. The molecule has 0 aromatic rings. The zero-order valence-electron chi connectivity index (χ0n) is 7.03. The first-order chi connectivity index (χ1) is 5.36. The van der Waals surface area contributed by atoms with Crippen LogP contribution in [0.1, 0.15) is 20.3 Å². The molecule has 12 heavy (non-hydrogen) atoms. The van der Waals surface area contributed by atoms with Gasteiger partial charge in [-0.25, -0.2) is 17.6 Å². The van der Waals surface area contributed by atoms with Gasteiger partial charge in [0.2, 0.25) is 6.43 Å². The number of halogens is 4. The zero-order valence-corrected chi connectivity index (χ0v) is 7.03. The van der Waals surface area contributed by atoms with Crippen molar-refractivity contribution < 1.29 is 17.6 Å². The summed E-state index contributed by atoms with van der Waals surface area (Å²) in [5.41, 5.74) is 0. The van der Waals surface area contributed by atoms with E-state index in [1.54, 1.807) is 13.8 Å². The maximum Gasteiger partial charge on any atom is 0.256 e. The molecule has 0 heterocycles. The summed E-state index contributed by atoms with van der Waals surface area (Å²) in [6.45, 7) is 3.41. The Morgan fingerprint density at radius 2 is 1.75 bits per heavy atom. The Labute approximate surface area is 69.0 Å². The van der Waals surface area contributed by atoms with E-state index in [2.05, 4.69) is 0 Å². The fourth-order valence-electron chi connectivity index (χ4n) is 1.75. The van der Waals surface area contributed by atoms with E-state index in [0.29, 0.717) is 0 Å². The number of alkyl halides is 4. The molecule has 1 aliphatic carbocycles. The fourth-order valence-corrected chi connectivity index (χ4v) is 1.75. The van der Waals surface area contributed by atoms with E-state index < -0.39 is 24.2 Å². The van der Waals surface area contributed by atoms with Crippen LogP contribution in [0, 0.1) is 17.8 Å². The van der Waals surface area contributed by atoms with Crippen LogP contribution in [0.3, 0.4) is 0 Å². The molecule has 1 saturated carbocycles. The predicted molar refractivity (Wildman–Crippen MR) is 37.4 cm³/mol. The van der Waals surface area contributed by atoms with Crippen molar-refractivity contribution >= 4 is 0 Å². The van der Waals surface area contributed by atoms with Crippen LogP contribution in [0.15, 0.2) is 0 Å². The van der Waals surface area contributed by atoms with Crippen LogP contribution in [0.4, 0.5) is 17.6 Å². The Hall–Kier alpha value is -0.280. The molecule has 1 rings (SSSR count). The molecule has 1 fully saturated rings. The SMILES string of the molecule is CC(C)C1CC(F)(F)C1C(F)F. The first-order valence-electron chi connectivity index (χ1n) is 4.02. The van der Waals surface area contributed by atoms with Crippen LogP contribution in [-0.4, -0.2) is 12.3 Å². The summed E-state index contributed by atoms with van der Waals surface area (Å²) in [5, 5.41) is 0. The third-order valence-corrected chi connectivity index (χ3v) is 2.58. The Bertz CT molecular complexity index is 164. The van der Waals surface area contributed by atoms with Gasteiger partial charge < -0.3 is 0 Å². The number of hydrogen-bond acceptors (Lipinski definition) is 0. The van der Waals surface area contributed by atoms with Gasteiger partial charge in [0.05, 0.1) is 5.92 Å². The molecular weight excluding hydrogens is 172 g/mol. The monoisotopic (exact) mass is 184 g/mol. The highest BCUT2D eigenvalue weighted by molar-refractivity contribution is 4.98. The highest BCUT2D eigenvalue weighted by Gasteiger charge is 2.60. The molecule has 0 saturated heterocycles. The maximum absolute atomic E-state index is 12.6. The Morgan fingerprint density at radius 3 is 1.92 bits per heavy atom. The van der Waals surface area contributed by atoms with Crippen molar-refractivity contribution in [2.45, 2.75) is 32.6 Å². The summed E-state index contributed by atoms with van der Waals surface area (Å²) >= 11 is 0. The molecule has 2 atom stereocenters. The third kappa shape index (κ3) is 1.43. The molecule has 4 heteroatoms. The minimum atomic E-state index is -3.14. The lowest BCUT2D eigenvalue weighted by Gasteiger charge is -2.45. The van der Waals surface area contributed by atoms with Gasteiger partial charge in [0.15, 0.2) is 0 Å². The smallest absolute Gasteiger partial charge is 0.210 e. The quantitative estimate of drug-likeness (QED) is 0.578. The minimum Gasteiger partial charge on any atom is -0.210 e. The van der Waals surface area contributed by atoms with Crippen LogP contribution in [-0.2, 0) is 0 Å². The average molecular weight is 184 g/mol. The molecular formula is C8H12F4. The second-order valence-electron chi connectivity index (χ2n) is 3.73. The average Bonchev–Trinajstić information content (AvgIpc) is 1.81. The van der Waals surface area contributed by atoms with Crippen LogP contribution in [0.5, 0.6) is 0 Å².